The molecule has 62 valence electrons. The first-order valence-corrected chi connectivity index (χ1v) is 4.13. The molecular weight excluding hydrogens is 140 g/mol. The van der Waals surface area contributed by atoms with Crippen molar-refractivity contribution < 1.29 is 4.79 Å². The van der Waals surface area contributed by atoms with Crippen molar-refractivity contribution >= 4 is 11.7 Å². The first-order chi connectivity index (χ1) is 5.27. The summed E-state index contributed by atoms with van der Waals surface area (Å²) in [6.45, 7) is 4.94. The molecule has 1 N–H and O–H groups in total. The molecule has 0 aromatic heterocycles. The van der Waals surface area contributed by atoms with E-state index in [4.69, 9.17) is 0 Å². The number of hydrogen-bond donors (Lipinski definition) is 1. The van der Waals surface area contributed by atoms with Gasteiger partial charge in [-0.3, -0.25) is 4.79 Å². The summed E-state index contributed by atoms with van der Waals surface area (Å²) in [6.07, 6.45) is 1.59. The van der Waals surface area contributed by atoms with Crippen molar-refractivity contribution in [3.05, 3.63) is 0 Å². The molecule has 1 atom stereocenters. The van der Waals surface area contributed by atoms with Gasteiger partial charge >= 0.3 is 0 Å². The number of hydrogen-bond acceptors (Lipinski definition) is 2. The fourth-order valence-electron chi connectivity index (χ4n) is 1.28. The molecule has 0 fully saturated rings. The molecule has 0 radical (unpaired) electrons. The van der Waals surface area contributed by atoms with Gasteiger partial charge in [-0.25, -0.2) is 4.99 Å². The second-order valence-electron chi connectivity index (χ2n) is 2.73. The third-order valence-corrected chi connectivity index (χ3v) is 1.90. The molecule has 1 rings (SSSR count). The van der Waals surface area contributed by atoms with E-state index in [-0.39, 0.29) is 5.91 Å². The van der Waals surface area contributed by atoms with Gasteiger partial charge in [0.1, 0.15) is 5.84 Å². The Morgan fingerprint density at radius 3 is 2.91 bits per heavy atom. The average Bonchev–Trinajstić information content (AvgIpc) is 2.32. The Balaban J connectivity index is 2.58. The highest BCUT2D eigenvalue weighted by Crippen LogP contribution is 2.16. The predicted octanol–water partition coefficient (Wildman–Crippen LogP) is 0.951. The van der Waals surface area contributed by atoms with E-state index in [2.05, 4.69) is 17.2 Å². The summed E-state index contributed by atoms with van der Waals surface area (Å²) in [6, 6.07) is 0. The van der Waals surface area contributed by atoms with Crippen molar-refractivity contribution in [3.8, 4) is 0 Å². The van der Waals surface area contributed by atoms with Crippen molar-refractivity contribution in [2.45, 2.75) is 26.7 Å². The molecule has 3 heteroatoms. The topological polar surface area (TPSA) is 41.5 Å². The minimum absolute atomic E-state index is 0.0211. The lowest BCUT2D eigenvalue weighted by Crippen LogP contribution is -2.27. The minimum Gasteiger partial charge on any atom is -0.373 e. The van der Waals surface area contributed by atoms with Crippen molar-refractivity contribution in [2.24, 2.45) is 10.9 Å². The van der Waals surface area contributed by atoms with Crippen LogP contribution >= 0.6 is 0 Å². The zero-order valence-electron chi connectivity index (χ0n) is 7.05. The van der Waals surface area contributed by atoms with Crippen LogP contribution in [0.15, 0.2) is 4.99 Å². The molecule has 0 aromatic carbocycles. The van der Waals surface area contributed by atoms with Gasteiger partial charge in [0.2, 0.25) is 5.91 Å². The van der Waals surface area contributed by atoms with Crippen molar-refractivity contribution in [1.82, 2.24) is 5.32 Å². The molecule has 3 nitrogen and oxygen atoms in total. The normalized spacial score (nSPS) is 23.6. The molecule has 1 heterocycles. The summed E-state index contributed by atoms with van der Waals surface area (Å²) >= 11 is 0. The SMILES string of the molecule is CCNC1=NC(=O)CC1CC. The highest BCUT2D eigenvalue weighted by molar-refractivity contribution is 6.02. The van der Waals surface area contributed by atoms with Crippen LogP contribution in [-0.2, 0) is 4.79 Å². The molecule has 0 bridgehead atoms. The number of nitrogens with one attached hydrogen (secondary N) is 1. The highest BCUT2D eigenvalue weighted by atomic mass is 16.1. The van der Waals surface area contributed by atoms with Gasteiger partial charge in [0.15, 0.2) is 0 Å². The Labute approximate surface area is 66.9 Å². The third kappa shape index (κ3) is 1.79. The number of rotatable bonds is 2. The van der Waals surface area contributed by atoms with E-state index < -0.39 is 0 Å². The van der Waals surface area contributed by atoms with E-state index >= 15 is 0 Å². The Morgan fingerprint density at radius 2 is 2.36 bits per heavy atom. The van der Waals surface area contributed by atoms with Crippen LogP contribution in [-0.4, -0.2) is 18.3 Å². The lowest BCUT2D eigenvalue weighted by Gasteiger charge is -2.09. The minimum atomic E-state index is 0.0211. The van der Waals surface area contributed by atoms with Crippen LogP contribution in [0.5, 0.6) is 0 Å². The van der Waals surface area contributed by atoms with E-state index in [9.17, 15) is 4.79 Å². The Kier molecular flexibility index (Phi) is 2.63. The maximum absolute atomic E-state index is 10.9. The van der Waals surface area contributed by atoms with Crippen LogP contribution < -0.4 is 5.32 Å². The number of carbonyl (C=O) groups is 1. The van der Waals surface area contributed by atoms with Crippen LogP contribution in [0.3, 0.4) is 0 Å². The number of amides is 1. The maximum Gasteiger partial charge on any atom is 0.248 e. The molecule has 1 aliphatic heterocycles. The standard InChI is InChI=1S/C8H14N2O/c1-3-6-5-7(11)10-8(6)9-4-2/h6H,3-5H2,1-2H3,(H,9,10,11). The second-order valence-corrected chi connectivity index (χ2v) is 2.73. The molecule has 1 unspecified atom stereocenters. The molecular formula is C8H14N2O. The lowest BCUT2D eigenvalue weighted by molar-refractivity contribution is -0.117. The largest absolute Gasteiger partial charge is 0.373 e. The lowest BCUT2D eigenvalue weighted by atomic mass is 10.0. The van der Waals surface area contributed by atoms with Gasteiger partial charge in [0.25, 0.3) is 0 Å². The van der Waals surface area contributed by atoms with E-state index in [0.717, 1.165) is 18.8 Å². The summed E-state index contributed by atoms with van der Waals surface area (Å²) in [5.74, 6) is 1.26. The zero-order valence-corrected chi connectivity index (χ0v) is 7.05. The van der Waals surface area contributed by atoms with Gasteiger partial charge in [0.05, 0.1) is 0 Å². The van der Waals surface area contributed by atoms with Gasteiger partial charge in [0, 0.05) is 18.9 Å². The quantitative estimate of drug-likeness (QED) is 0.643. The molecule has 0 aliphatic carbocycles. The van der Waals surface area contributed by atoms with Gasteiger partial charge in [-0.1, -0.05) is 6.92 Å². The molecule has 0 aromatic rings. The summed E-state index contributed by atoms with van der Waals surface area (Å²) < 4.78 is 0. The van der Waals surface area contributed by atoms with Crippen LogP contribution in [0, 0.1) is 5.92 Å². The summed E-state index contributed by atoms with van der Waals surface area (Å²) in [5, 5.41) is 3.11. The third-order valence-electron chi connectivity index (χ3n) is 1.90. The van der Waals surface area contributed by atoms with Gasteiger partial charge < -0.3 is 5.32 Å². The summed E-state index contributed by atoms with van der Waals surface area (Å²) in [4.78, 5) is 14.8. The highest BCUT2D eigenvalue weighted by Gasteiger charge is 2.24. The molecule has 11 heavy (non-hydrogen) atoms. The van der Waals surface area contributed by atoms with E-state index in [1.54, 1.807) is 0 Å². The molecule has 1 aliphatic rings. The van der Waals surface area contributed by atoms with E-state index in [0.29, 0.717) is 12.3 Å². The second kappa shape index (κ2) is 3.51. The first kappa shape index (κ1) is 8.24. The Hall–Kier alpha value is -0.860. The van der Waals surface area contributed by atoms with Gasteiger partial charge in [-0.05, 0) is 13.3 Å². The van der Waals surface area contributed by atoms with Crippen LogP contribution in [0.1, 0.15) is 26.7 Å². The maximum atomic E-state index is 10.9. The fourth-order valence-corrected chi connectivity index (χ4v) is 1.28. The smallest absolute Gasteiger partial charge is 0.248 e. The molecule has 0 saturated heterocycles. The monoisotopic (exact) mass is 154 g/mol. The number of aliphatic imine (C=N–C) groups is 1. The van der Waals surface area contributed by atoms with Crippen LogP contribution in [0.2, 0.25) is 0 Å². The molecule has 0 spiro atoms. The number of nitrogens with zero attached hydrogens (tertiary/aromatic N) is 1. The van der Waals surface area contributed by atoms with Gasteiger partial charge in [-0.15, -0.1) is 0 Å². The van der Waals surface area contributed by atoms with Crippen LogP contribution in [0.25, 0.3) is 0 Å². The van der Waals surface area contributed by atoms with Gasteiger partial charge in [-0.2, -0.15) is 0 Å². The van der Waals surface area contributed by atoms with E-state index in [1.807, 2.05) is 6.92 Å². The fraction of sp³-hybridized carbons (Fsp3) is 0.750. The molecule has 1 amide bonds. The van der Waals surface area contributed by atoms with E-state index in [1.165, 1.54) is 0 Å². The number of amidine groups is 1. The summed E-state index contributed by atoms with van der Waals surface area (Å²) in [7, 11) is 0. The van der Waals surface area contributed by atoms with Crippen molar-refractivity contribution in [1.29, 1.82) is 0 Å². The Bertz CT molecular complexity index is 187. The number of carbonyl (C=O) groups excluding carboxylic acids is 1. The zero-order chi connectivity index (χ0) is 8.27. The van der Waals surface area contributed by atoms with Crippen molar-refractivity contribution in [3.63, 3.8) is 0 Å². The first-order valence-electron chi connectivity index (χ1n) is 4.13. The average molecular weight is 154 g/mol. The predicted molar refractivity (Wildman–Crippen MR) is 44.5 cm³/mol. The summed E-state index contributed by atoms with van der Waals surface area (Å²) in [5.41, 5.74) is 0. The van der Waals surface area contributed by atoms with Crippen LogP contribution in [0.4, 0.5) is 0 Å². The van der Waals surface area contributed by atoms with Crippen molar-refractivity contribution in [2.75, 3.05) is 6.54 Å². The molecule has 0 saturated carbocycles. The Morgan fingerprint density at radius 1 is 1.64 bits per heavy atom.